The average molecular weight is 466 g/mol. The highest BCUT2D eigenvalue weighted by atomic mass is 16.6. The molecule has 1 aromatic carbocycles. The molecule has 0 aliphatic carbocycles. The Labute approximate surface area is 199 Å². The summed E-state index contributed by atoms with van der Waals surface area (Å²) in [5.41, 5.74) is 0.940. The summed E-state index contributed by atoms with van der Waals surface area (Å²) >= 11 is 0. The van der Waals surface area contributed by atoms with Gasteiger partial charge in [-0.2, -0.15) is 0 Å². The molecule has 7 nitrogen and oxygen atoms in total. The number of amides is 1. The van der Waals surface area contributed by atoms with Crippen molar-refractivity contribution in [2.24, 2.45) is 0 Å². The lowest BCUT2D eigenvalue weighted by Crippen LogP contribution is -2.28. The van der Waals surface area contributed by atoms with E-state index in [0.29, 0.717) is 39.4 Å². The van der Waals surface area contributed by atoms with Crippen molar-refractivity contribution in [3.63, 3.8) is 0 Å². The Kier molecular flexibility index (Phi) is 19.0. The molecule has 0 unspecified atom stereocenters. The lowest BCUT2D eigenvalue weighted by Gasteiger charge is -2.08. The Morgan fingerprint density at radius 2 is 1.33 bits per heavy atom. The monoisotopic (exact) mass is 465 g/mol. The summed E-state index contributed by atoms with van der Waals surface area (Å²) < 4.78 is 21.0. The molecule has 0 saturated carbocycles. The smallest absolute Gasteiger partial charge is 0.407 e. The third-order valence-electron chi connectivity index (χ3n) is 5.08. The van der Waals surface area contributed by atoms with Crippen LogP contribution in [0.1, 0.15) is 76.7 Å². The Morgan fingerprint density at radius 3 is 2.03 bits per heavy atom. The van der Waals surface area contributed by atoms with Gasteiger partial charge in [0.1, 0.15) is 13.2 Å². The van der Waals surface area contributed by atoms with Crippen molar-refractivity contribution in [2.45, 2.75) is 77.7 Å². The van der Waals surface area contributed by atoms with E-state index in [1.54, 1.807) is 0 Å². The van der Waals surface area contributed by atoms with Gasteiger partial charge >= 0.3 is 12.1 Å². The Morgan fingerprint density at radius 1 is 0.727 bits per heavy atom. The van der Waals surface area contributed by atoms with Crippen LogP contribution in [0.3, 0.4) is 0 Å². The maximum atomic E-state index is 11.7. The van der Waals surface area contributed by atoms with Gasteiger partial charge in [-0.3, -0.25) is 4.79 Å². The first kappa shape index (κ1) is 28.9. The van der Waals surface area contributed by atoms with Crippen LogP contribution in [0.25, 0.3) is 0 Å². The fourth-order valence-electron chi connectivity index (χ4n) is 3.19. The van der Waals surface area contributed by atoms with Crippen molar-refractivity contribution < 1.29 is 28.5 Å². The molecule has 0 saturated heterocycles. The number of benzene rings is 1. The number of hydrogen-bond acceptors (Lipinski definition) is 6. The minimum atomic E-state index is -0.470. The van der Waals surface area contributed by atoms with Gasteiger partial charge in [-0.1, -0.05) is 88.6 Å². The van der Waals surface area contributed by atoms with Crippen molar-refractivity contribution >= 4 is 12.1 Å². The predicted octanol–water partition coefficient (Wildman–Crippen LogP) is 5.41. The van der Waals surface area contributed by atoms with Gasteiger partial charge in [0.25, 0.3) is 0 Å². The molecule has 33 heavy (non-hydrogen) atoms. The quantitative estimate of drug-likeness (QED) is 0.193. The molecule has 0 aliphatic rings. The number of rotatable bonds is 21. The summed E-state index contributed by atoms with van der Waals surface area (Å²) in [6.45, 7) is 4.66. The van der Waals surface area contributed by atoms with E-state index in [-0.39, 0.29) is 19.2 Å². The van der Waals surface area contributed by atoms with Crippen molar-refractivity contribution in [3.05, 3.63) is 35.9 Å². The average Bonchev–Trinajstić information content (AvgIpc) is 2.83. The third-order valence-corrected chi connectivity index (χ3v) is 5.08. The van der Waals surface area contributed by atoms with Crippen LogP contribution in [-0.2, 0) is 30.3 Å². The Balaban J connectivity index is 1.78. The molecule has 0 aromatic heterocycles. The van der Waals surface area contributed by atoms with Gasteiger partial charge < -0.3 is 24.3 Å². The predicted molar refractivity (Wildman–Crippen MR) is 129 cm³/mol. The van der Waals surface area contributed by atoms with Crippen molar-refractivity contribution in [1.29, 1.82) is 0 Å². The minimum Gasteiger partial charge on any atom is -0.463 e. The zero-order valence-electron chi connectivity index (χ0n) is 20.4. The zero-order chi connectivity index (χ0) is 23.8. The lowest BCUT2D eigenvalue weighted by atomic mass is 10.1. The van der Waals surface area contributed by atoms with E-state index in [2.05, 4.69) is 12.2 Å². The highest BCUT2D eigenvalue weighted by Gasteiger charge is 2.03. The second kappa shape index (κ2) is 21.7. The first-order valence-corrected chi connectivity index (χ1v) is 12.5. The second-order valence-corrected chi connectivity index (χ2v) is 8.01. The molecule has 1 N–H and O–H groups in total. The fraction of sp³-hybridized carbons (Fsp3) is 0.692. The lowest BCUT2D eigenvalue weighted by molar-refractivity contribution is -0.145. The molecule has 0 heterocycles. The zero-order valence-corrected chi connectivity index (χ0v) is 20.4. The SMILES string of the molecule is CCCCCCCCCCCC(=O)OCCOCCOCCNC(=O)OCc1ccccc1. The highest BCUT2D eigenvalue weighted by molar-refractivity contribution is 5.69. The molecule has 0 aliphatic heterocycles. The number of unbranched alkanes of at least 4 members (excludes halogenated alkanes) is 8. The molecule has 0 fully saturated rings. The van der Waals surface area contributed by atoms with E-state index >= 15 is 0 Å². The number of nitrogens with one attached hydrogen (secondary N) is 1. The van der Waals surface area contributed by atoms with Crippen LogP contribution < -0.4 is 5.32 Å². The number of alkyl carbamates (subject to hydrolysis) is 1. The molecule has 188 valence electrons. The van der Waals surface area contributed by atoms with Gasteiger partial charge in [0.05, 0.1) is 26.4 Å². The van der Waals surface area contributed by atoms with Gasteiger partial charge in [0.15, 0.2) is 0 Å². The molecule has 0 spiro atoms. The molecule has 1 aromatic rings. The van der Waals surface area contributed by atoms with E-state index in [1.165, 1.54) is 44.9 Å². The van der Waals surface area contributed by atoms with Crippen LogP contribution >= 0.6 is 0 Å². The summed E-state index contributed by atoms with van der Waals surface area (Å²) in [6, 6.07) is 9.51. The normalized spacial score (nSPS) is 10.7. The summed E-state index contributed by atoms with van der Waals surface area (Å²) in [5.74, 6) is -0.150. The van der Waals surface area contributed by atoms with Crippen molar-refractivity contribution in [3.8, 4) is 0 Å². The van der Waals surface area contributed by atoms with Gasteiger partial charge in [0.2, 0.25) is 0 Å². The third kappa shape index (κ3) is 19.1. The fourth-order valence-corrected chi connectivity index (χ4v) is 3.19. The largest absolute Gasteiger partial charge is 0.463 e. The summed E-state index contributed by atoms with van der Waals surface area (Å²) in [5, 5.41) is 2.63. The molecular formula is C26H43NO6. The molecule has 1 rings (SSSR count). The van der Waals surface area contributed by atoms with Gasteiger partial charge in [-0.25, -0.2) is 4.79 Å². The minimum absolute atomic E-state index is 0.150. The first-order valence-electron chi connectivity index (χ1n) is 12.5. The number of carbonyl (C=O) groups excluding carboxylic acids is 2. The summed E-state index contributed by atoms with van der Waals surface area (Å²) in [4.78, 5) is 23.3. The molecule has 0 radical (unpaired) electrons. The molecule has 1 amide bonds. The highest BCUT2D eigenvalue weighted by Crippen LogP contribution is 2.10. The maximum Gasteiger partial charge on any atom is 0.407 e. The summed E-state index contributed by atoms with van der Waals surface area (Å²) in [7, 11) is 0. The maximum absolute atomic E-state index is 11.7. The number of esters is 1. The second-order valence-electron chi connectivity index (χ2n) is 8.01. The van der Waals surface area contributed by atoms with Crippen LogP contribution in [0.15, 0.2) is 30.3 Å². The van der Waals surface area contributed by atoms with Crippen LogP contribution in [0.2, 0.25) is 0 Å². The van der Waals surface area contributed by atoms with Crippen LogP contribution in [0, 0.1) is 0 Å². The van der Waals surface area contributed by atoms with E-state index in [9.17, 15) is 9.59 Å². The van der Waals surface area contributed by atoms with E-state index in [1.807, 2.05) is 30.3 Å². The molecule has 0 atom stereocenters. The van der Waals surface area contributed by atoms with Gasteiger partial charge in [0, 0.05) is 13.0 Å². The van der Waals surface area contributed by atoms with E-state index in [4.69, 9.17) is 18.9 Å². The standard InChI is InChI=1S/C26H43NO6/c1-2-3-4-5-6-7-8-9-13-16-25(28)32-22-21-31-20-19-30-18-17-27-26(29)33-23-24-14-11-10-12-15-24/h10-12,14-15H,2-9,13,16-23H2,1H3,(H,27,29). The topological polar surface area (TPSA) is 83.1 Å². The molecular weight excluding hydrogens is 422 g/mol. The van der Waals surface area contributed by atoms with E-state index < -0.39 is 6.09 Å². The van der Waals surface area contributed by atoms with Crippen molar-refractivity contribution in [2.75, 3.05) is 39.6 Å². The van der Waals surface area contributed by atoms with E-state index in [0.717, 1.165) is 18.4 Å². The first-order chi connectivity index (χ1) is 16.2. The number of carbonyl (C=O) groups is 2. The number of hydrogen-bond donors (Lipinski definition) is 1. The van der Waals surface area contributed by atoms with Crippen LogP contribution in [-0.4, -0.2) is 51.6 Å². The molecule has 0 bridgehead atoms. The van der Waals surface area contributed by atoms with Crippen LogP contribution in [0.4, 0.5) is 4.79 Å². The Bertz CT molecular complexity index is 596. The van der Waals surface area contributed by atoms with Crippen molar-refractivity contribution in [1.82, 2.24) is 5.32 Å². The van der Waals surface area contributed by atoms with Gasteiger partial charge in [-0.05, 0) is 12.0 Å². The Hall–Kier alpha value is -2.12. The van der Waals surface area contributed by atoms with Crippen LogP contribution in [0.5, 0.6) is 0 Å². The summed E-state index contributed by atoms with van der Waals surface area (Å²) in [6.07, 6.45) is 11.1. The van der Waals surface area contributed by atoms with Gasteiger partial charge in [-0.15, -0.1) is 0 Å². The molecule has 7 heteroatoms. The number of ether oxygens (including phenoxy) is 4.